The van der Waals surface area contributed by atoms with Gasteiger partial charge >= 0.3 is 6.18 Å². The second-order valence-electron chi connectivity index (χ2n) is 6.25. The van der Waals surface area contributed by atoms with Crippen LogP contribution in [0.25, 0.3) is 0 Å². The molecule has 5 nitrogen and oxygen atoms in total. The number of halogens is 4. The van der Waals surface area contributed by atoms with E-state index in [-0.39, 0.29) is 6.54 Å². The second-order valence-corrected chi connectivity index (χ2v) is 8.59. The van der Waals surface area contributed by atoms with E-state index in [1.807, 2.05) is 6.92 Å². The molecule has 0 saturated carbocycles. The Kier molecular flexibility index (Phi) is 7.67. The number of rotatable bonds is 8. The Balaban J connectivity index is 2.43. The number of hydrogen-bond donors (Lipinski definition) is 1. The summed E-state index contributed by atoms with van der Waals surface area (Å²) in [6, 6.07) is 10.8. The van der Waals surface area contributed by atoms with Gasteiger partial charge in [-0.25, -0.2) is 8.42 Å². The SMILES string of the molecule is CCCNC(=O)CN(Cc1ccccc1)S(=O)(=O)c1ccc(Cl)c(C(F)(F)F)c1. The molecule has 0 heterocycles. The fourth-order valence-corrected chi connectivity index (χ4v) is 4.16. The van der Waals surface area contributed by atoms with Crippen molar-refractivity contribution in [1.82, 2.24) is 9.62 Å². The smallest absolute Gasteiger partial charge is 0.355 e. The van der Waals surface area contributed by atoms with E-state index in [1.165, 1.54) is 0 Å². The van der Waals surface area contributed by atoms with Crippen LogP contribution in [0, 0.1) is 0 Å². The van der Waals surface area contributed by atoms with Gasteiger partial charge < -0.3 is 5.32 Å². The number of alkyl halides is 3. The number of sulfonamides is 1. The molecular formula is C19H20ClF3N2O3S. The maximum Gasteiger partial charge on any atom is 0.417 e. The Bertz CT molecular complexity index is 951. The minimum Gasteiger partial charge on any atom is -0.355 e. The van der Waals surface area contributed by atoms with Crippen LogP contribution in [0.5, 0.6) is 0 Å². The van der Waals surface area contributed by atoms with Gasteiger partial charge in [-0.15, -0.1) is 0 Å². The third-order valence-electron chi connectivity index (χ3n) is 3.97. The quantitative estimate of drug-likeness (QED) is 0.661. The molecule has 0 atom stereocenters. The number of nitrogens with zero attached hydrogens (tertiary/aromatic N) is 1. The molecular weight excluding hydrogens is 429 g/mol. The van der Waals surface area contributed by atoms with E-state index >= 15 is 0 Å². The number of nitrogens with one attached hydrogen (secondary N) is 1. The van der Waals surface area contributed by atoms with Crippen molar-refractivity contribution in [3.05, 3.63) is 64.7 Å². The average molecular weight is 449 g/mol. The van der Waals surface area contributed by atoms with Crippen LogP contribution >= 0.6 is 11.6 Å². The van der Waals surface area contributed by atoms with Crippen molar-refractivity contribution in [1.29, 1.82) is 0 Å². The van der Waals surface area contributed by atoms with Gasteiger partial charge in [0, 0.05) is 13.1 Å². The first-order valence-electron chi connectivity index (χ1n) is 8.73. The largest absolute Gasteiger partial charge is 0.417 e. The molecule has 0 unspecified atom stereocenters. The lowest BCUT2D eigenvalue weighted by molar-refractivity contribution is -0.137. The summed E-state index contributed by atoms with van der Waals surface area (Å²) in [4.78, 5) is 11.6. The van der Waals surface area contributed by atoms with Crippen molar-refractivity contribution in [2.24, 2.45) is 0 Å². The van der Waals surface area contributed by atoms with Crippen molar-refractivity contribution in [3.63, 3.8) is 0 Å². The van der Waals surface area contributed by atoms with E-state index < -0.39 is 44.1 Å². The first-order valence-corrected chi connectivity index (χ1v) is 10.5. The van der Waals surface area contributed by atoms with Gasteiger partial charge in [-0.3, -0.25) is 4.79 Å². The Morgan fingerprint density at radius 1 is 1.14 bits per heavy atom. The van der Waals surface area contributed by atoms with Crippen molar-refractivity contribution < 1.29 is 26.4 Å². The summed E-state index contributed by atoms with van der Waals surface area (Å²) in [5.41, 5.74) is -0.667. The van der Waals surface area contributed by atoms with Gasteiger partial charge in [-0.1, -0.05) is 48.9 Å². The van der Waals surface area contributed by atoms with Crippen LogP contribution in [0.3, 0.4) is 0 Å². The molecule has 2 aromatic carbocycles. The lowest BCUT2D eigenvalue weighted by Crippen LogP contribution is -2.40. The zero-order valence-corrected chi connectivity index (χ0v) is 17.1. The topological polar surface area (TPSA) is 66.5 Å². The van der Waals surface area contributed by atoms with E-state index in [4.69, 9.17) is 11.6 Å². The number of hydrogen-bond acceptors (Lipinski definition) is 3. The van der Waals surface area contributed by atoms with Crippen LogP contribution in [0.2, 0.25) is 5.02 Å². The Labute approximate surface area is 172 Å². The van der Waals surface area contributed by atoms with Crippen LogP contribution in [0.15, 0.2) is 53.4 Å². The summed E-state index contributed by atoms with van der Waals surface area (Å²) in [6.07, 6.45) is -4.16. The predicted molar refractivity (Wildman–Crippen MR) is 104 cm³/mol. The molecule has 0 spiro atoms. The molecule has 158 valence electrons. The summed E-state index contributed by atoms with van der Waals surface area (Å²) in [7, 11) is -4.41. The summed E-state index contributed by atoms with van der Waals surface area (Å²) in [5, 5.41) is 1.97. The lowest BCUT2D eigenvalue weighted by Gasteiger charge is -2.22. The first kappa shape index (κ1) is 23.2. The number of benzene rings is 2. The van der Waals surface area contributed by atoms with Gasteiger partial charge in [0.2, 0.25) is 15.9 Å². The standard InChI is InChI=1S/C19H20ClF3N2O3S/c1-2-10-24-18(26)13-25(12-14-6-4-3-5-7-14)29(27,28)15-8-9-17(20)16(11-15)19(21,22)23/h3-9,11H,2,10,12-13H2,1H3,(H,24,26). The lowest BCUT2D eigenvalue weighted by atomic mass is 10.2. The van der Waals surface area contributed by atoms with Crippen LogP contribution in [-0.2, 0) is 27.5 Å². The molecule has 0 fully saturated rings. The minimum absolute atomic E-state index is 0.174. The number of amides is 1. The highest BCUT2D eigenvalue weighted by atomic mass is 35.5. The van der Waals surface area contributed by atoms with Gasteiger partial charge in [0.25, 0.3) is 0 Å². The molecule has 1 N–H and O–H groups in total. The van der Waals surface area contributed by atoms with E-state index in [9.17, 15) is 26.4 Å². The van der Waals surface area contributed by atoms with Crippen molar-refractivity contribution in [3.8, 4) is 0 Å². The first-order chi connectivity index (χ1) is 13.6. The normalized spacial score (nSPS) is 12.2. The molecule has 29 heavy (non-hydrogen) atoms. The molecule has 0 aromatic heterocycles. The fraction of sp³-hybridized carbons (Fsp3) is 0.316. The Morgan fingerprint density at radius 3 is 2.38 bits per heavy atom. The van der Waals surface area contributed by atoms with E-state index in [1.54, 1.807) is 30.3 Å². The molecule has 0 bridgehead atoms. The summed E-state index contributed by atoms with van der Waals surface area (Å²) in [5.74, 6) is -0.545. The van der Waals surface area contributed by atoms with Crippen molar-refractivity contribution in [2.75, 3.05) is 13.1 Å². The molecule has 0 aliphatic rings. The van der Waals surface area contributed by atoms with Crippen LogP contribution in [-0.4, -0.2) is 31.7 Å². The van der Waals surface area contributed by atoms with Gasteiger partial charge in [0.15, 0.2) is 0 Å². The molecule has 0 aliphatic heterocycles. The highest BCUT2D eigenvalue weighted by Gasteiger charge is 2.36. The summed E-state index contributed by atoms with van der Waals surface area (Å²) >= 11 is 5.59. The van der Waals surface area contributed by atoms with Gasteiger partial charge in [0.1, 0.15) is 0 Å². The molecule has 2 rings (SSSR count). The van der Waals surface area contributed by atoms with Crippen LogP contribution in [0.1, 0.15) is 24.5 Å². The Morgan fingerprint density at radius 2 is 1.79 bits per heavy atom. The zero-order chi connectivity index (χ0) is 21.7. The second kappa shape index (κ2) is 9.60. The summed E-state index contributed by atoms with van der Waals surface area (Å²) in [6.45, 7) is 1.50. The monoisotopic (exact) mass is 448 g/mol. The Hall–Kier alpha value is -2.10. The van der Waals surface area contributed by atoms with E-state index in [0.717, 1.165) is 16.4 Å². The highest BCUT2D eigenvalue weighted by molar-refractivity contribution is 7.89. The zero-order valence-electron chi connectivity index (χ0n) is 15.5. The van der Waals surface area contributed by atoms with E-state index in [2.05, 4.69) is 5.32 Å². The minimum atomic E-state index is -4.81. The van der Waals surface area contributed by atoms with Gasteiger partial charge in [-0.2, -0.15) is 17.5 Å². The van der Waals surface area contributed by atoms with E-state index in [0.29, 0.717) is 24.6 Å². The highest BCUT2D eigenvalue weighted by Crippen LogP contribution is 2.36. The molecule has 2 aromatic rings. The third-order valence-corrected chi connectivity index (χ3v) is 6.09. The molecule has 1 amide bonds. The molecule has 0 radical (unpaired) electrons. The van der Waals surface area contributed by atoms with Gasteiger partial charge in [-0.05, 0) is 30.2 Å². The molecule has 10 heteroatoms. The maximum absolute atomic E-state index is 13.2. The average Bonchev–Trinajstić information content (AvgIpc) is 2.66. The summed E-state index contributed by atoms with van der Waals surface area (Å²) < 4.78 is 66.5. The van der Waals surface area contributed by atoms with Crippen molar-refractivity contribution >= 4 is 27.5 Å². The molecule has 0 saturated heterocycles. The van der Waals surface area contributed by atoms with Crippen LogP contribution < -0.4 is 5.32 Å². The number of carbonyl (C=O) groups is 1. The van der Waals surface area contributed by atoms with Crippen molar-refractivity contribution in [2.45, 2.75) is 31.0 Å². The molecule has 0 aliphatic carbocycles. The third kappa shape index (κ3) is 6.19. The van der Waals surface area contributed by atoms with Crippen LogP contribution in [0.4, 0.5) is 13.2 Å². The maximum atomic E-state index is 13.2. The predicted octanol–water partition coefficient (Wildman–Crippen LogP) is 4.08. The number of carbonyl (C=O) groups excluding carboxylic acids is 1. The van der Waals surface area contributed by atoms with Gasteiger partial charge in [0.05, 0.1) is 22.0 Å². The fourth-order valence-electron chi connectivity index (χ4n) is 2.52.